The molecule has 0 unspecified atom stereocenters. The van der Waals surface area contributed by atoms with Crippen LogP contribution in [0.3, 0.4) is 0 Å². The molecule has 0 atom stereocenters. The number of rotatable bonds is 3. The molecular weight excluding hydrogens is 331 g/mol. The molecule has 0 aliphatic carbocycles. The van der Waals surface area contributed by atoms with Crippen molar-refractivity contribution in [3.63, 3.8) is 0 Å². The largest absolute Gasteiger partial charge is 0.478 e. The molecule has 5 nitrogen and oxygen atoms in total. The van der Waals surface area contributed by atoms with Crippen LogP contribution in [-0.2, 0) is 0 Å². The van der Waals surface area contributed by atoms with E-state index in [1.807, 2.05) is 0 Å². The minimum Gasteiger partial charge on any atom is -0.478 e. The van der Waals surface area contributed by atoms with Crippen LogP contribution in [0.1, 0.15) is 26.4 Å². The SMILES string of the molecule is Cc1nsc(NC(=O)c2cc(Cl)sc2Cl)c1C(=O)O. The maximum atomic E-state index is 12.0. The number of carbonyl (C=O) groups is 2. The molecule has 2 aromatic heterocycles. The summed E-state index contributed by atoms with van der Waals surface area (Å²) in [7, 11) is 0. The van der Waals surface area contributed by atoms with E-state index in [1.165, 1.54) is 6.07 Å². The van der Waals surface area contributed by atoms with Gasteiger partial charge in [0, 0.05) is 0 Å². The molecule has 2 N–H and O–H groups in total. The van der Waals surface area contributed by atoms with E-state index in [0.717, 1.165) is 22.9 Å². The van der Waals surface area contributed by atoms with E-state index in [2.05, 4.69) is 9.69 Å². The number of thiophene rings is 1. The van der Waals surface area contributed by atoms with E-state index in [-0.39, 0.29) is 20.5 Å². The molecule has 0 radical (unpaired) electrons. The third kappa shape index (κ3) is 2.89. The zero-order valence-electron chi connectivity index (χ0n) is 9.36. The van der Waals surface area contributed by atoms with Crippen molar-refractivity contribution in [1.82, 2.24) is 4.37 Å². The molecule has 2 aromatic rings. The monoisotopic (exact) mass is 336 g/mol. The molecule has 0 spiro atoms. The minimum atomic E-state index is -1.14. The van der Waals surface area contributed by atoms with Gasteiger partial charge in [-0.15, -0.1) is 11.3 Å². The van der Waals surface area contributed by atoms with E-state index in [4.69, 9.17) is 28.3 Å². The molecule has 0 aromatic carbocycles. The van der Waals surface area contributed by atoms with E-state index >= 15 is 0 Å². The fourth-order valence-corrected chi connectivity index (χ4v) is 3.61. The van der Waals surface area contributed by atoms with Gasteiger partial charge in [-0.2, -0.15) is 4.37 Å². The second-order valence-corrected chi connectivity index (χ2v) is 6.53. The number of halogens is 2. The molecule has 0 aliphatic heterocycles. The van der Waals surface area contributed by atoms with Gasteiger partial charge in [0.25, 0.3) is 5.91 Å². The molecule has 9 heteroatoms. The Labute approximate surface area is 125 Å². The number of carbonyl (C=O) groups excluding carboxylic acids is 1. The number of aryl methyl sites for hydroxylation is 1. The maximum Gasteiger partial charge on any atom is 0.340 e. The van der Waals surface area contributed by atoms with E-state index in [0.29, 0.717) is 10.0 Å². The van der Waals surface area contributed by atoms with Gasteiger partial charge < -0.3 is 10.4 Å². The highest BCUT2D eigenvalue weighted by Gasteiger charge is 2.21. The van der Waals surface area contributed by atoms with Crippen LogP contribution in [0.4, 0.5) is 5.00 Å². The average Bonchev–Trinajstić information content (AvgIpc) is 2.82. The van der Waals surface area contributed by atoms with Crippen molar-refractivity contribution < 1.29 is 14.7 Å². The predicted molar refractivity (Wildman–Crippen MR) is 76.1 cm³/mol. The summed E-state index contributed by atoms with van der Waals surface area (Å²) in [6, 6.07) is 1.43. The molecular formula is C10H6Cl2N2O3S2. The number of hydrogen-bond donors (Lipinski definition) is 2. The summed E-state index contributed by atoms with van der Waals surface area (Å²) in [5, 5.41) is 11.7. The van der Waals surface area contributed by atoms with Crippen molar-refractivity contribution in [1.29, 1.82) is 0 Å². The average molecular weight is 337 g/mol. The fraction of sp³-hybridized carbons (Fsp3) is 0.100. The lowest BCUT2D eigenvalue weighted by Gasteiger charge is -2.02. The Morgan fingerprint density at radius 3 is 2.63 bits per heavy atom. The fourth-order valence-electron chi connectivity index (χ4n) is 1.37. The molecule has 1 amide bonds. The van der Waals surface area contributed by atoms with Crippen LogP contribution in [0.25, 0.3) is 0 Å². The summed E-state index contributed by atoms with van der Waals surface area (Å²) < 4.78 is 4.54. The van der Waals surface area contributed by atoms with E-state index < -0.39 is 11.9 Å². The molecule has 0 bridgehead atoms. The van der Waals surface area contributed by atoms with Gasteiger partial charge in [-0.1, -0.05) is 23.2 Å². The normalized spacial score (nSPS) is 10.5. The van der Waals surface area contributed by atoms with Crippen LogP contribution in [0.2, 0.25) is 8.67 Å². The number of nitrogens with zero attached hydrogens (tertiary/aromatic N) is 1. The molecule has 0 fully saturated rings. The first kappa shape index (κ1) is 14.3. The molecule has 2 heterocycles. The van der Waals surface area contributed by atoms with Crippen molar-refractivity contribution >= 4 is 62.9 Å². The quantitative estimate of drug-likeness (QED) is 0.893. The smallest absolute Gasteiger partial charge is 0.340 e. The van der Waals surface area contributed by atoms with Gasteiger partial charge in [-0.25, -0.2) is 4.79 Å². The van der Waals surface area contributed by atoms with Crippen molar-refractivity contribution in [3.8, 4) is 0 Å². The summed E-state index contributed by atoms with van der Waals surface area (Å²) in [6.45, 7) is 1.56. The van der Waals surface area contributed by atoms with E-state index in [1.54, 1.807) is 6.92 Å². The van der Waals surface area contributed by atoms with Gasteiger partial charge in [0.2, 0.25) is 0 Å². The summed E-state index contributed by atoms with van der Waals surface area (Å²) in [6.07, 6.45) is 0. The van der Waals surface area contributed by atoms with Gasteiger partial charge >= 0.3 is 5.97 Å². The molecule has 100 valence electrons. The number of amides is 1. The molecule has 0 aliphatic rings. The first-order chi connectivity index (χ1) is 8.90. The first-order valence-corrected chi connectivity index (χ1v) is 7.20. The van der Waals surface area contributed by atoms with Gasteiger partial charge in [0.1, 0.15) is 14.9 Å². The Kier molecular flexibility index (Phi) is 4.10. The van der Waals surface area contributed by atoms with Crippen LogP contribution >= 0.6 is 46.1 Å². The Morgan fingerprint density at radius 2 is 2.11 bits per heavy atom. The van der Waals surface area contributed by atoms with Gasteiger partial charge in [0.05, 0.1) is 15.6 Å². The van der Waals surface area contributed by atoms with Crippen molar-refractivity contribution in [2.45, 2.75) is 6.92 Å². The topological polar surface area (TPSA) is 79.3 Å². The van der Waals surface area contributed by atoms with Crippen LogP contribution < -0.4 is 5.32 Å². The summed E-state index contributed by atoms with van der Waals surface area (Å²) in [5.41, 5.74) is 0.539. The zero-order chi connectivity index (χ0) is 14.2. The number of anilines is 1. The predicted octanol–water partition coefficient (Wildman–Crippen LogP) is 3.77. The van der Waals surface area contributed by atoms with Gasteiger partial charge in [-0.05, 0) is 24.5 Å². The lowest BCUT2D eigenvalue weighted by atomic mass is 10.2. The van der Waals surface area contributed by atoms with E-state index in [9.17, 15) is 9.59 Å². The lowest BCUT2D eigenvalue weighted by Crippen LogP contribution is -2.13. The third-order valence-corrected chi connectivity index (χ3v) is 4.55. The maximum absolute atomic E-state index is 12.0. The van der Waals surface area contributed by atoms with Crippen molar-refractivity contribution in [2.24, 2.45) is 0 Å². The zero-order valence-corrected chi connectivity index (χ0v) is 12.5. The Bertz CT molecular complexity index is 666. The molecule has 2 rings (SSSR count). The number of carboxylic acid groups (broad SMARTS) is 1. The van der Waals surface area contributed by atoms with Crippen LogP contribution in [0, 0.1) is 6.92 Å². The summed E-state index contributed by atoms with van der Waals surface area (Å²) in [5.74, 6) is -1.66. The second kappa shape index (κ2) is 5.46. The summed E-state index contributed by atoms with van der Waals surface area (Å²) >= 11 is 13.6. The highest BCUT2D eigenvalue weighted by Crippen LogP contribution is 2.32. The lowest BCUT2D eigenvalue weighted by molar-refractivity contribution is 0.0697. The van der Waals surface area contributed by atoms with Crippen LogP contribution in [-0.4, -0.2) is 21.4 Å². The number of carboxylic acids is 1. The van der Waals surface area contributed by atoms with Crippen LogP contribution in [0.15, 0.2) is 6.07 Å². The Hall–Kier alpha value is -1.15. The summed E-state index contributed by atoms with van der Waals surface area (Å²) in [4.78, 5) is 23.0. The third-order valence-electron chi connectivity index (χ3n) is 2.20. The number of hydrogen-bond acceptors (Lipinski definition) is 5. The first-order valence-electron chi connectivity index (χ1n) is 4.86. The Balaban J connectivity index is 2.29. The molecule has 0 saturated heterocycles. The van der Waals surface area contributed by atoms with Gasteiger partial charge in [-0.3, -0.25) is 4.79 Å². The Morgan fingerprint density at radius 1 is 1.42 bits per heavy atom. The highest BCUT2D eigenvalue weighted by atomic mass is 35.5. The molecule has 19 heavy (non-hydrogen) atoms. The second-order valence-electron chi connectivity index (χ2n) is 3.47. The van der Waals surface area contributed by atoms with Crippen LogP contribution in [0.5, 0.6) is 0 Å². The van der Waals surface area contributed by atoms with Gasteiger partial charge in [0.15, 0.2) is 0 Å². The van der Waals surface area contributed by atoms with Crippen molar-refractivity contribution in [3.05, 3.63) is 31.6 Å². The number of aromatic carboxylic acids is 1. The minimum absolute atomic E-state index is 0.0178. The number of nitrogens with one attached hydrogen (secondary N) is 1. The number of aromatic nitrogens is 1. The highest BCUT2D eigenvalue weighted by molar-refractivity contribution is 7.20. The molecule has 0 saturated carbocycles. The standard InChI is InChI=1S/C10H6Cl2N2O3S2/c1-3-6(10(16)17)9(19-14-3)13-8(15)4-2-5(11)18-7(4)12/h2H,1H3,(H,13,15)(H,16,17). The van der Waals surface area contributed by atoms with Crippen molar-refractivity contribution in [2.75, 3.05) is 5.32 Å².